The van der Waals surface area contributed by atoms with E-state index in [1.807, 2.05) is 19.1 Å². The van der Waals surface area contributed by atoms with Crippen molar-refractivity contribution >= 4 is 39.6 Å². The van der Waals surface area contributed by atoms with E-state index in [4.69, 9.17) is 27.3 Å². The topological polar surface area (TPSA) is 106 Å². The van der Waals surface area contributed by atoms with Crippen molar-refractivity contribution in [1.82, 2.24) is 29.9 Å². The number of anilines is 1. The summed E-state index contributed by atoms with van der Waals surface area (Å²) >= 11 is 6.34. The van der Waals surface area contributed by atoms with Crippen LogP contribution in [0.1, 0.15) is 24.4 Å². The van der Waals surface area contributed by atoms with Crippen LogP contribution >= 0.6 is 11.6 Å². The lowest BCUT2D eigenvalue weighted by Gasteiger charge is -2.15. The second kappa shape index (κ2) is 7.55. The highest BCUT2D eigenvalue weighted by atomic mass is 35.5. The Morgan fingerprint density at radius 1 is 1.06 bits per heavy atom. The molecular formula is C22H17ClFN7. The van der Waals surface area contributed by atoms with E-state index in [2.05, 4.69) is 19.9 Å². The minimum Gasteiger partial charge on any atom is -0.382 e. The van der Waals surface area contributed by atoms with Crippen LogP contribution in [0.3, 0.4) is 0 Å². The second-order valence-corrected chi connectivity index (χ2v) is 7.72. The van der Waals surface area contributed by atoms with Crippen molar-refractivity contribution < 1.29 is 4.39 Å². The molecule has 0 fully saturated rings. The number of halogens is 2. The van der Waals surface area contributed by atoms with E-state index in [1.54, 1.807) is 18.2 Å². The van der Waals surface area contributed by atoms with Gasteiger partial charge in [-0.15, -0.1) is 0 Å². The van der Waals surface area contributed by atoms with Crippen molar-refractivity contribution in [3.8, 4) is 11.3 Å². The largest absolute Gasteiger partial charge is 0.382 e. The van der Waals surface area contributed by atoms with Crippen molar-refractivity contribution in [3.05, 3.63) is 71.2 Å². The average Bonchev–Trinajstić information content (AvgIpc) is 3.23. The minimum atomic E-state index is -0.349. The van der Waals surface area contributed by atoms with Crippen LogP contribution in [0.5, 0.6) is 0 Å². The maximum Gasteiger partial charge on any atom is 0.163 e. The Balaban J connectivity index is 1.62. The molecule has 7 nitrogen and oxygen atoms in total. The monoisotopic (exact) mass is 433 g/mol. The smallest absolute Gasteiger partial charge is 0.163 e. The second-order valence-electron chi connectivity index (χ2n) is 7.31. The molecule has 3 heterocycles. The Hall–Kier alpha value is -3.65. The van der Waals surface area contributed by atoms with Gasteiger partial charge in [0.2, 0.25) is 0 Å². The van der Waals surface area contributed by atoms with Crippen LogP contribution in [0.25, 0.3) is 33.5 Å². The SMILES string of the molecule is CC(Cc1nc2cccc(Cl)c2nc1-c1cccc(F)c1)c1nc(N)c2nc[nH]c2n1. The summed E-state index contributed by atoms with van der Waals surface area (Å²) in [5.74, 6) is 0.397. The highest BCUT2D eigenvalue weighted by Crippen LogP contribution is 2.30. The molecule has 154 valence electrons. The summed E-state index contributed by atoms with van der Waals surface area (Å²) in [6.45, 7) is 1.98. The van der Waals surface area contributed by atoms with Gasteiger partial charge in [-0.25, -0.2) is 29.3 Å². The minimum absolute atomic E-state index is 0.131. The molecule has 9 heteroatoms. The van der Waals surface area contributed by atoms with Crippen LogP contribution in [0.2, 0.25) is 5.02 Å². The molecular weight excluding hydrogens is 417 g/mol. The van der Waals surface area contributed by atoms with Crippen LogP contribution in [-0.4, -0.2) is 29.9 Å². The first-order chi connectivity index (χ1) is 15.0. The van der Waals surface area contributed by atoms with Gasteiger partial charge in [-0.2, -0.15) is 0 Å². The van der Waals surface area contributed by atoms with E-state index >= 15 is 0 Å². The summed E-state index contributed by atoms with van der Waals surface area (Å²) in [6, 6.07) is 11.7. The number of nitrogens with two attached hydrogens (primary N) is 1. The van der Waals surface area contributed by atoms with E-state index in [0.717, 1.165) is 0 Å². The Labute approximate surface area is 181 Å². The van der Waals surface area contributed by atoms with E-state index < -0.39 is 0 Å². The number of hydrogen-bond acceptors (Lipinski definition) is 6. The summed E-state index contributed by atoms with van der Waals surface area (Å²) < 4.78 is 13.9. The van der Waals surface area contributed by atoms with Gasteiger partial charge in [-0.1, -0.05) is 36.7 Å². The Morgan fingerprint density at radius 3 is 2.74 bits per heavy atom. The van der Waals surface area contributed by atoms with Crippen molar-refractivity contribution in [2.75, 3.05) is 5.73 Å². The van der Waals surface area contributed by atoms with E-state index in [0.29, 0.717) is 62.2 Å². The number of benzene rings is 2. The standard InChI is InChI=1S/C22H17ClFN7/c1-11(21-30-20(25)19-22(31-21)27-10-26-19)8-16-17(12-4-2-5-13(24)9-12)29-18-14(23)6-3-7-15(18)28-16/h2-7,9-11H,8H2,1H3,(H3,25,26,27,30,31). The molecule has 1 atom stereocenters. The number of imidazole rings is 1. The third-order valence-electron chi connectivity index (χ3n) is 5.08. The third kappa shape index (κ3) is 3.55. The molecule has 3 aromatic heterocycles. The molecule has 0 saturated carbocycles. The molecule has 0 radical (unpaired) electrons. The van der Waals surface area contributed by atoms with Crippen LogP contribution in [0.4, 0.5) is 10.2 Å². The molecule has 0 aliphatic rings. The fourth-order valence-electron chi connectivity index (χ4n) is 3.57. The molecule has 0 saturated heterocycles. The first-order valence-electron chi connectivity index (χ1n) is 9.67. The van der Waals surface area contributed by atoms with E-state index in [-0.39, 0.29) is 11.7 Å². The summed E-state index contributed by atoms with van der Waals surface area (Å²) in [5, 5.41) is 0.489. The molecule has 5 rings (SSSR count). The fourth-order valence-corrected chi connectivity index (χ4v) is 3.78. The van der Waals surface area contributed by atoms with Gasteiger partial charge in [-0.05, 0) is 24.3 Å². The van der Waals surface area contributed by atoms with Gasteiger partial charge in [-0.3, -0.25) is 0 Å². The molecule has 1 unspecified atom stereocenters. The van der Waals surface area contributed by atoms with Gasteiger partial charge >= 0.3 is 0 Å². The maximum absolute atomic E-state index is 13.9. The average molecular weight is 434 g/mol. The van der Waals surface area contributed by atoms with Crippen molar-refractivity contribution in [2.45, 2.75) is 19.3 Å². The van der Waals surface area contributed by atoms with Crippen molar-refractivity contribution in [2.24, 2.45) is 0 Å². The summed E-state index contributed by atoms with van der Waals surface area (Å²) in [7, 11) is 0. The number of aromatic amines is 1. The Bertz CT molecular complexity index is 1430. The van der Waals surface area contributed by atoms with Gasteiger partial charge in [0.15, 0.2) is 11.5 Å². The van der Waals surface area contributed by atoms with Gasteiger partial charge in [0.05, 0.1) is 28.3 Å². The molecule has 31 heavy (non-hydrogen) atoms. The summed E-state index contributed by atoms with van der Waals surface area (Å²) in [6.07, 6.45) is 2.01. The number of nitrogens with zero attached hydrogens (tertiary/aromatic N) is 5. The first-order valence-corrected chi connectivity index (χ1v) is 10.0. The van der Waals surface area contributed by atoms with Crippen molar-refractivity contribution in [3.63, 3.8) is 0 Å². The number of nitrogen functional groups attached to an aromatic ring is 1. The fraction of sp³-hybridized carbons (Fsp3) is 0.136. The predicted molar refractivity (Wildman–Crippen MR) is 118 cm³/mol. The highest BCUT2D eigenvalue weighted by Gasteiger charge is 2.19. The molecule has 0 bridgehead atoms. The lowest BCUT2D eigenvalue weighted by atomic mass is 9.99. The zero-order chi connectivity index (χ0) is 21.5. The normalized spacial score (nSPS) is 12.5. The summed E-state index contributed by atoms with van der Waals surface area (Å²) in [5.41, 5.74) is 10.3. The molecule has 5 aromatic rings. The molecule has 0 spiro atoms. The number of hydrogen-bond donors (Lipinski definition) is 2. The van der Waals surface area contributed by atoms with E-state index in [1.165, 1.54) is 18.5 Å². The number of fused-ring (bicyclic) bond motifs is 2. The zero-order valence-electron chi connectivity index (χ0n) is 16.5. The molecule has 2 aromatic carbocycles. The molecule has 0 aliphatic carbocycles. The molecule has 0 amide bonds. The number of para-hydroxylation sites is 1. The Kier molecular flexibility index (Phi) is 4.71. The van der Waals surface area contributed by atoms with Gasteiger partial charge in [0, 0.05) is 17.9 Å². The Morgan fingerprint density at radius 2 is 1.90 bits per heavy atom. The van der Waals surface area contributed by atoms with Crippen LogP contribution < -0.4 is 5.73 Å². The summed E-state index contributed by atoms with van der Waals surface area (Å²) in [4.78, 5) is 25.6. The first kappa shape index (κ1) is 19.3. The highest BCUT2D eigenvalue weighted by molar-refractivity contribution is 6.34. The number of aromatic nitrogens is 6. The van der Waals surface area contributed by atoms with Gasteiger partial charge < -0.3 is 10.7 Å². The quantitative estimate of drug-likeness (QED) is 0.426. The zero-order valence-corrected chi connectivity index (χ0v) is 17.2. The number of nitrogens with one attached hydrogen (secondary N) is 1. The predicted octanol–water partition coefficient (Wildman–Crippen LogP) is 4.68. The molecule has 0 aliphatic heterocycles. The van der Waals surface area contributed by atoms with Crippen molar-refractivity contribution in [1.29, 1.82) is 0 Å². The van der Waals surface area contributed by atoms with Gasteiger partial charge in [0.25, 0.3) is 0 Å². The lowest BCUT2D eigenvalue weighted by molar-refractivity contribution is 0.628. The lowest BCUT2D eigenvalue weighted by Crippen LogP contribution is -2.10. The van der Waals surface area contributed by atoms with Gasteiger partial charge in [0.1, 0.15) is 22.7 Å². The van der Waals surface area contributed by atoms with Crippen LogP contribution in [0, 0.1) is 5.82 Å². The maximum atomic E-state index is 13.9. The number of rotatable bonds is 4. The number of H-pyrrole nitrogens is 1. The van der Waals surface area contributed by atoms with E-state index in [9.17, 15) is 4.39 Å². The third-order valence-corrected chi connectivity index (χ3v) is 5.38. The molecule has 3 N–H and O–H groups in total. The van der Waals surface area contributed by atoms with Crippen LogP contribution in [0.15, 0.2) is 48.8 Å². The van der Waals surface area contributed by atoms with Crippen LogP contribution in [-0.2, 0) is 6.42 Å².